The first-order chi connectivity index (χ1) is 18.4. The van der Waals surface area contributed by atoms with Crippen LogP contribution in [0.5, 0.6) is 0 Å². The zero-order valence-electron chi connectivity index (χ0n) is 23.1. The molecular formula is C28H37ClFN7O. The van der Waals surface area contributed by atoms with Crippen LogP contribution in [-0.4, -0.2) is 61.8 Å². The molecule has 0 aliphatic carbocycles. The fourth-order valence-electron chi connectivity index (χ4n) is 4.11. The molecule has 0 bridgehead atoms. The predicted octanol–water partition coefficient (Wildman–Crippen LogP) is 6.45. The number of allylic oxidation sites excluding steroid dienone is 1. The SMILES string of the molecule is C=CC.C=CC(=O)N1CCN(c2nnc3c(F)c(-c4c(C)ccc5[nH]ncc45)c(Cl)cn23)CC1.CC.CC. The highest BCUT2D eigenvalue weighted by molar-refractivity contribution is 6.34. The van der Waals surface area contributed by atoms with Gasteiger partial charge in [-0.3, -0.25) is 14.3 Å². The number of anilines is 1. The largest absolute Gasteiger partial charge is 0.337 e. The lowest BCUT2D eigenvalue weighted by Gasteiger charge is -2.34. The van der Waals surface area contributed by atoms with E-state index >= 15 is 4.39 Å². The molecule has 0 atom stereocenters. The van der Waals surface area contributed by atoms with Gasteiger partial charge in [-0.15, -0.1) is 16.8 Å². The van der Waals surface area contributed by atoms with E-state index in [4.69, 9.17) is 11.6 Å². The third-order valence-electron chi connectivity index (χ3n) is 5.71. The van der Waals surface area contributed by atoms with E-state index in [1.54, 1.807) is 27.8 Å². The van der Waals surface area contributed by atoms with Gasteiger partial charge in [-0.2, -0.15) is 5.10 Å². The Morgan fingerprint density at radius 3 is 2.32 bits per heavy atom. The first kappa shape index (κ1) is 30.5. The molecule has 1 N–H and O–H groups in total. The molecule has 0 spiro atoms. The quantitative estimate of drug-likeness (QED) is 0.238. The number of hydrogen-bond acceptors (Lipinski definition) is 5. The maximum atomic E-state index is 15.7. The summed E-state index contributed by atoms with van der Waals surface area (Å²) >= 11 is 6.60. The summed E-state index contributed by atoms with van der Waals surface area (Å²) < 4.78 is 17.3. The summed E-state index contributed by atoms with van der Waals surface area (Å²) in [5.74, 6) is -0.150. The highest BCUT2D eigenvalue weighted by Gasteiger charge is 2.26. The Morgan fingerprint density at radius 1 is 1.08 bits per heavy atom. The number of nitrogens with zero attached hydrogens (tertiary/aromatic N) is 6. The van der Waals surface area contributed by atoms with E-state index in [0.717, 1.165) is 16.5 Å². The first-order valence-electron chi connectivity index (χ1n) is 12.8. The Kier molecular flexibility index (Phi) is 11.5. The number of rotatable bonds is 3. The number of nitrogens with one attached hydrogen (secondary N) is 1. The molecule has 1 fully saturated rings. The molecule has 8 nitrogen and oxygen atoms in total. The molecule has 0 saturated carbocycles. The fourth-order valence-corrected chi connectivity index (χ4v) is 4.38. The smallest absolute Gasteiger partial charge is 0.246 e. The minimum absolute atomic E-state index is 0.0962. The Morgan fingerprint density at radius 2 is 1.71 bits per heavy atom. The summed E-state index contributed by atoms with van der Waals surface area (Å²) in [6.45, 7) is 20.8. The zero-order valence-corrected chi connectivity index (χ0v) is 23.8. The van der Waals surface area contributed by atoms with Crippen LogP contribution in [0.3, 0.4) is 0 Å². The Labute approximate surface area is 228 Å². The van der Waals surface area contributed by atoms with Crippen LogP contribution in [0.4, 0.5) is 10.3 Å². The first-order valence-corrected chi connectivity index (χ1v) is 13.2. The number of aromatic nitrogens is 5. The second kappa shape index (κ2) is 14.3. The maximum absolute atomic E-state index is 15.7. The normalized spacial score (nSPS) is 12.5. The lowest BCUT2D eigenvalue weighted by Crippen LogP contribution is -2.48. The number of H-pyrrole nitrogens is 1. The van der Waals surface area contributed by atoms with Gasteiger partial charge < -0.3 is 9.80 Å². The average molecular weight is 542 g/mol. The molecule has 1 aliphatic rings. The lowest BCUT2D eigenvalue weighted by molar-refractivity contribution is -0.126. The minimum atomic E-state index is -0.538. The van der Waals surface area contributed by atoms with E-state index in [-0.39, 0.29) is 22.1 Å². The second-order valence-corrected chi connectivity index (χ2v) is 8.28. The summed E-state index contributed by atoms with van der Waals surface area (Å²) in [6.07, 6.45) is 6.36. The topological polar surface area (TPSA) is 82.4 Å². The molecule has 1 aliphatic heterocycles. The molecule has 5 rings (SSSR count). The molecule has 0 radical (unpaired) electrons. The van der Waals surface area contributed by atoms with Gasteiger partial charge in [0.2, 0.25) is 11.9 Å². The van der Waals surface area contributed by atoms with Gasteiger partial charge in [0.1, 0.15) is 0 Å². The molecule has 1 amide bonds. The van der Waals surface area contributed by atoms with Crippen LogP contribution >= 0.6 is 11.6 Å². The number of hydrogen-bond donors (Lipinski definition) is 1. The molecule has 10 heteroatoms. The van der Waals surface area contributed by atoms with E-state index in [0.29, 0.717) is 37.7 Å². The highest BCUT2D eigenvalue weighted by Crippen LogP contribution is 2.39. The third-order valence-corrected chi connectivity index (χ3v) is 5.99. The fraction of sp³-hybridized carbons (Fsp3) is 0.357. The monoisotopic (exact) mass is 541 g/mol. The van der Waals surface area contributed by atoms with Gasteiger partial charge in [0.25, 0.3) is 0 Å². The van der Waals surface area contributed by atoms with Crippen LogP contribution in [0, 0.1) is 12.7 Å². The average Bonchev–Trinajstić information content (AvgIpc) is 3.60. The Bertz CT molecular complexity index is 1390. The number of piperazine rings is 1. The van der Waals surface area contributed by atoms with Crippen molar-refractivity contribution in [3.63, 3.8) is 0 Å². The van der Waals surface area contributed by atoms with Crippen molar-refractivity contribution in [1.82, 2.24) is 29.7 Å². The molecule has 4 heterocycles. The van der Waals surface area contributed by atoms with Crippen molar-refractivity contribution in [2.75, 3.05) is 31.1 Å². The van der Waals surface area contributed by atoms with Gasteiger partial charge in [-0.05, 0) is 31.6 Å². The summed E-state index contributed by atoms with van der Waals surface area (Å²) in [6, 6.07) is 3.80. The molecule has 1 saturated heterocycles. The number of halogens is 2. The standard InChI is InChI=1S/C21H19ClFN7O.C3H6.2C2H6/c1-3-16(31)28-6-8-29(9-7-28)21-27-26-20-19(23)18(14(22)11-30(20)21)17-12(2)4-5-15-13(17)10-24-25-15;1-3-2;2*1-2/h3-5,10-11H,1,6-9H2,2H3,(H,24,25);3H,1H2,2H3;2*1-2H3. The van der Waals surface area contributed by atoms with Crippen molar-refractivity contribution in [1.29, 1.82) is 0 Å². The number of aromatic amines is 1. The molecule has 4 aromatic rings. The zero-order chi connectivity index (χ0) is 28.4. The molecule has 3 aromatic heterocycles. The molecule has 38 heavy (non-hydrogen) atoms. The summed E-state index contributed by atoms with van der Waals surface area (Å²) in [5, 5.41) is 16.3. The summed E-state index contributed by atoms with van der Waals surface area (Å²) in [4.78, 5) is 15.5. The van der Waals surface area contributed by atoms with Crippen molar-refractivity contribution in [3.05, 3.63) is 66.2 Å². The Hall–Kier alpha value is -3.72. The van der Waals surface area contributed by atoms with Crippen LogP contribution in [0.15, 0.2) is 49.8 Å². The number of carbonyl (C=O) groups is 1. The number of aryl methyl sites for hydroxylation is 1. The molecular weight excluding hydrogens is 505 g/mol. The van der Waals surface area contributed by atoms with Crippen molar-refractivity contribution in [3.8, 4) is 11.1 Å². The van der Waals surface area contributed by atoms with Gasteiger partial charge in [0.15, 0.2) is 11.5 Å². The number of benzene rings is 1. The van der Waals surface area contributed by atoms with Crippen molar-refractivity contribution >= 4 is 40.0 Å². The summed E-state index contributed by atoms with van der Waals surface area (Å²) in [5.41, 5.74) is 2.72. The van der Waals surface area contributed by atoms with Crippen molar-refractivity contribution < 1.29 is 9.18 Å². The van der Waals surface area contributed by atoms with Crippen LogP contribution in [-0.2, 0) is 4.79 Å². The number of carbonyl (C=O) groups excluding carboxylic acids is 1. The maximum Gasteiger partial charge on any atom is 0.246 e. The summed E-state index contributed by atoms with van der Waals surface area (Å²) in [7, 11) is 0. The van der Waals surface area contributed by atoms with Gasteiger partial charge in [-0.1, -0.05) is 58.0 Å². The Balaban J connectivity index is 0.000000665. The third kappa shape index (κ3) is 6.05. The van der Waals surface area contributed by atoms with E-state index < -0.39 is 5.82 Å². The van der Waals surface area contributed by atoms with Crippen molar-refractivity contribution in [2.45, 2.75) is 41.5 Å². The van der Waals surface area contributed by atoms with Crippen LogP contribution < -0.4 is 4.90 Å². The molecule has 204 valence electrons. The lowest BCUT2D eigenvalue weighted by atomic mass is 9.97. The van der Waals surface area contributed by atoms with E-state index in [1.807, 2.05) is 58.6 Å². The molecule has 0 unspecified atom stereocenters. The molecule has 1 aromatic carbocycles. The van der Waals surface area contributed by atoms with Crippen LogP contribution in [0.25, 0.3) is 27.7 Å². The number of pyridine rings is 1. The van der Waals surface area contributed by atoms with Crippen molar-refractivity contribution in [2.24, 2.45) is 0 Å². The number of amides is 1. The number of fused-ring (bicyclic) bond motifs is 2. The second-order valence-electron chi connectivity index (χ2n) is 7.87. The van der Waals surface area contributed by atoms with Gasteiger partial charge >= 0.3 is 0 Å². The van der Waals surface area contributed by atoms with E-state index in [2.05, 4.69) is 33.6 Å². The predicted molar refractivity (Wildman–Crippen MR) is 155 cm³/mol. The van der Waals surface area contributed by atoms with E-state index in [1.165, 1.54) is 6.08 Å². The van der Waals surface area contributed by atoms with E-state index in [9.17, 15) is 4.79 Å². The van der Waals surface area contributed by atoms with Gasteiger partial charge in [0, 0.05) is 48.9 Å². The van der Waals surface area contributed by atoms with Gasteiger partial charge in [-0.25, -0.2) is 4.39 Å². The highest BCUT2D eigenvalue weighted by atomic mass is 35.5. The van der Waals surface area contributed by atoms with Crippen LogP contribution in [0.1, 0.15) is 40.2 Å². The minimum Gasteiger partial charge on any atom is -0.337 e. The van der Waals surface area contributed by atoms with Gasteiger partial charge in [0.05, 0.1) is 16.7 Å². The van der Waals surface area contributed by atoms with Crippen LogP contribution in [0.2, 0.25) is 5.02 Å².